The molecule has 6 nitrogen and oxygen atoms in total. The molecule has 1 aliphatic rings. The van der Waals surface area contributed by atoms with Gasteiger partial charge in [0.1, 0.15) is 28.7 Å². The van der Waals surface area contributed by atoms with Crippen LogP contribution in [-0.2, 0) is 6.54 Å². The lowest BCUT2D eigenvalue weighted by molar-refractivity contribution is 0.300. The summed E-state index contributed by atoms with van der Waals surface area (Å²) in [5.74, 6) is 0.977. The standard InChI is InChI=1S/C24H28FN3O3/c1-6-16-13-8-9-15(25)18(14(13)11-26-16)27-19-20(22(30)21(19)29)28-23(24(3,4)5)17-10-7-12(2)31-17/h7-10,16,23,26-28H,6,11H2,1-5H3/t16?,23-/m0/s1. The van der Waals surface area contributed by atoms with Crippen LogP contribution < -0.4 is 26.8 Å². The van der Waals surface area contributed by atoms with Crippen molar-refractivity contribution in [3.63, 3.8) is 0 Å². The van der Waals surface area contributed by atoms with Gasteiger partial charge in [-0.1, -0.05) is 33.8 Å². The second-order valence-electron chi connectivity index (χ2n) is 9.26. The Labute approximate surface area is 180 Å². The summed E-state index contributed by atoms with van der Waals surface area (Å²) in [6.45, 7) is 10.5. The largest absolute Gasteiger partial charge is 0.464 e. The van der Waals surface area contributed by atoms with Gasteiger partial charge >= 0.3 is 0 Å². The Bertz CT molecular complexity index is 1200. The Morgan fingerprint density at radius 3 is 2.45 bits per heavy atom. The van der Waals surface area contributed by atoms with Gasteiger partial charge in [0.2, 0.25) is 0 Å². The monoisotopic (exact) mass is 425 g/mol. The van der Waals surface area contributed by atoms with E-state index in [0.717, 1.165) is 23.3 Å². The minimum absolute atomic E-state index is 0.0924. The Balaban J connectivity index is 1.70. The summed E-state index contributed by atoms with van der Waals surface area (Å²) in [5, 5.41) is 9.49. The number of hydrogen-bond donors (Lipinski definition) is 3. The molecule has 31 heavy (non-hydrogen) atoms. The Hall–Kier alpha value is -2.93. The van der Waals surface area contributed by atoms with Gasteiger partial charge in [0, 0.05) is 12.6 Å². The predicted octanol–water partition coefficient (Wildman–Crippen LogP) is 4.82. The quantitative estimate of drug-likeness (QED) is 0.491. The van der Waals surface area contributed by atoms with Crippen LogP contribution in [0.2, 0.25) is 0 Å². The minimum atomic E-state index is -0.652. The first-order valence-corrected chi connectivity index (χ1v) is 10.6. The summed E-state index contributed by atoms with van der Waals surface area (Å²) in [7, 11) is 0. The average molecular weight is 426 g/mol. The number of aryl methyl sites for hydroxylation is 1. The molecule has 0 aliphatic carbocycles. The first-order valence-electron chi connectivity index (χ1n) is 10.6. The number of rotatable bonds is 6. The normalized spacial score (nSPS) is 17.0. The van der Waals surface area contributed by atoms with Crippen molar-refractivity contribution < 1.29 is 8.81 Å². The molecule has 0 amide bonds. The van der Waals surface area contributed by atoms with Crippen molar-refractivity contribution in [2.45, 2.75) is 59.7 Å². The van der Waals surface area contributed by atoms with E-state index in [9.17, 15) is 14.0 Å². The van der Waals surface area contributed by atoms with E-state index < -0.39 is 16.7 Å². The Kier molecular flexibility index (Phi) is 5.25. The molecule has 0 fully saturated rings. The molecule has 3 aromatic rings. The van der Waals surface area contributed by atoms with Gasteiger partial charge < -0.3 is 20.4 Å². The second-order valence-corrected chi connectivity index (χ2v) is 9.26. The average Bonchev–Trinajstić information content (AvgIpc) is 3.33. The minimum Gasteiger partial charge on any atom is -0.464 e. The zero-order chi connectivity index (χ0) is 22.5. The topological polar surface area (TPSA) is 83.4 Å². The molecule has 0 bridgehead atoms. The lowest BCUT2D eigenvalue weighted by Crippen LogP contribution is -2.39. The molecule has 164 valence electrons. The summed E-state index contributed by atoms with van der Waals surface area (Å²) in [6.07, 6.45) is 0.876. The van der Waals surface area contributed by atoms with Crippen LogP contribution in [0, 0.1) is 18.2 Å². The molecule has 2 aromatic carbocycles. The molecule has 2 heterocycles. The molecule has 0 spiro atoms. The van der Waals surface area contributed by atoms with E-state index in [2.05, 4.69) is 22.9 Å². The predicted molar refractivity (Wildman–Crippen MR) is 120 cm³/mol. The number of anilines is 3. The van der Waals surface area contributed by atoms with Crippen LogP contribution in [0.5, 0.6) is 0 Å². The fourth-order valence-electron chi connectivity index (χ4n) is 4.23. The SMILES string of the molecule is CCC1NCc2c1ccc(F)c2Nc1c(N[C@@H](c2ccc(C)o2)C(C)(C)C)c(=O)c1=O. The molecular weight excluding hydrogens is 397 g/mol. The van der Waals surface area contributed by atoms with Crippen molar-refractivity contribution in [1.82, 2.24) is 5.32 Å². The van der Waals surface area contributed by atoms with Gasteiger partial charge in [-0.2, -0.15) is 0 Å². The molecule has 3 N–H and O–H groups in total. The van der Waals surface area contributed by atoms with E-state index in [1.165, 1.54) is 6.07 Å². The smallest absolute Gasteiger partial charge is 0.253 e. The number of nitrogens with one attached hydrogen (secondary N) is 3. The van der Waals surface area contributed by atoms with Crippen molar-refractivity contribution in [1.29, 1.82) is 0 Å². The number of hydrogen-bond acceptors (Lipinski definition) is 6. The fourth-order valence-corrected chi connectivity index (χ4v) is 4.23. The zero-order valence-corrected chi connectivity index (χ0v) is 18.5. The fraction of sp³-hybridized carbons (Fsp3) is 0.417. The van der Waals surface area contributed by atoms with Crippen LogP contribution in [-0.4, -0.2) is 0 Å². The van der Waals surface area contributed by atoms with E-state index in [4.69, 9.17) is 4.42 Å². The summed E-state index contributed by atoms with van der Waals surface area (Å²) in [6, 6.07) is 6.70. The Morgan fingerprint density at radius 1 is 1.13 bits per heavy atom. The zero-order valence-electron chi connectivity index (χ0n) is 18.5. The van der Waals surface area contributed by atoms with E-state index in [1.807, 2.05) is 39.8 Å². The van der Waals surface area contributed by atoms with Gasteiger partial charge in [-0.25, -0.2) is 4.39 Å². The highest BCUT2D eigenvalue weighted by molar-refractivity contribution is 5.80. The van der Waals surface area contributed by atoms with Crippen LogP contribution in [0.15, 0.2) is 38.3 Å². The first kappa shape index (κ1) is 21.3. The molecule has 0 radical (unpaired) electrons. The summed E-state index contributed by atoms with van der Waals surface area (Å²) in [5.41, 5.74) is 0.733. The number of fused-ring (bicyclic) bond motifs is 1. The van der Waals surface area contributed by atoms with Crippen LogP contribution in [0.25, 0.3) is 0 Å². The molecule has 0 saturated carbocycles. The number of halogens is 1. The lowest BCUT2D eigenvalue weighted by Gasteiger charge is -2.31. The maximum absolute atomic E-state index is 14.7. The van der Waals surface area contributed by atoms with Crippen LogP contribution in [0.4, 0.5) is 21.5 Å². The molecule has 1 aromatic heterocycles. The van der Waals surface area contributed by atoms with Crippen molar-refractivity contribution in [3.05, 3.63) is 73.2 Å². The highest BCUT2D eigenvalue weighted by atomic mass is 19.1. The first-order chi connectivity index (χ1) is 14.6. The maximum Gasteiger partial charge on any atom is 0.253 e. The van der Waals surface area contributed by atoms with Gasteiger partial charge in [0.15, 0.2) is 0 Å². The third-order valence-electron chi connectivity index (χ3n) is 5.97. The summed E-state index contributed by atoms with van der Waals surface area (Å²) in [4.78, 5) is 24.8. The number of benzene rings is 1. The van der Waals surface area contributed by atoms with Gasteiger partial charge in [-0.3, -0.25) is 9.59 Å². The highest BCUT2D eigenvalue weighted by Gasteiger charge is 2.34. The molecule has 2 atom stereocenters. The van der Waals surface area contributed by atoms with Crippen LogP contribution >= 0.6 is 0 Å². The second kappa shape index (κ2) is 7.64. The third-order valence-corrected chi connectivity index (χ3v) is 5.97. The van der Waals surface area contributed by atoms with Crippen molar-refractivity contribution in [2.75, 3.05) is 10.6 Å². The Morgan fingerprint density at radius 2 is 1.84 bits per heavy atom. The van der Waals surface area contributed by atoms with E-state index >= 15 is 0 Å². The van der Waals surface area contributed by atoms with Crippen molar-refractivity contribution in [3.8, 4) is 0 Å². The molecule has 4 rings (SSSR count). The van der Waals surface area contributed by atoms with Gasteiger partial charge in [0.25, 0.3) is 10.9 Å². The lowest BCUT2D eigenvalue weighted by atomic mass is 9.85. The van der Waals surface area contributed by atoms with Gasteiger partial charge in [0.05, 0.1) is 11.7 Å². The number of furan rings is 1. The molecule has 7 heteroatoms. The van der Waals surface area contributed by atoms with Crippen molar-refractivity contribution >= 4 is 17.1 Å². The molecular formula is C24H28FN3O3. The van der Waals surface area contributed by atoms with Gasteiger partial charge in [-0.15, -0.1) is 0 Å². The third kappa shape index (κ3) is 3.67. The van der Waals surface area contributed by atoms with E-state index in [-0.39, 0.29) is 34.6 Å². The summed E-state index contributed by atoms with van der Waals surface area (Å²) >= 11 is 0. The molecule has 1 aliphatic heterocycles. The highest BCUT2D eigenvalue weighted by Crippen LogP contribution is 2.39. The van der Waals surface area contributed by atoms with Crippen LogP contribution in [0.1, 0.15) is 68.8 Å². The van der Waals surface area contributed by atoms with E-state index in [1.54, 1.807) is 6.07 Å². The molecule has 0 saturated heterocycles. The van der Waals surface area contributed by atoms with Gasteiger partial charge in [-0.05, 0) is 48.1 Å². The van der Waals surface area contributed by atoms with E-state index in [0.29, 0.717) is 12.3 Å². The van der Waals surface area contributed by atoms with Crippen LogP contribution in [0.3, 0.4) is 0 Å². The molecule has 1 unspecified atom stereocenters. The summed E-state index contributed by atoms with van der Waals surface area (Å²) < 4.78 is 20.5. The van der Waals surface area contributed by atoms with Crippen molar-refractivity contribution in [2.24, 2.45) is 5.41 Å². The maximum atomic E-state index is 14.7.